The first-order valence-electron chi connectivity index (χ1n) is 6.19. The monoisotopic (exact) mass is 291 g/mol. The molecule has 0 atom stereocenters. The molecule has 0 bridgehead atoms. The van der Waals surface area contributed by atoms with Crippen LogP contribution in [0.2, 0.25) is 0 Å². The second kappa shape index (κ2) is 4.75. The van der Waals surface area contributed by atoms with Crippen LogP contribution in [0.25, 0.3) is 11.0 Å². The summed E-state index contributed by atoms with van der Waals surface area (Å²) in [6, 6.07) is 7.16. The van der Waals surface area contributed by atoms with Crippen LogP contribution >= 0.6 is 0 Å². The van der Waals surface area contributed by atoms with E-state index in [2.05, 4.69) is 15.0 Å². The van der Waals surface area contributed by atoms with E-state index in [4.69, 9.17) is 4.42 Å². The Hall–Kier alpha value is -2.15. The van der Waals surface area contributed by atoms with Gasteiger partial charge in [-0.1, -0.05) is 19.1 Å². The van der Waals surface area contributed by atoms with Gasteiger partial charge in [0.1, 0.15) is 11.5 Å². The fourth-order valence-corrected chi connectivity index (χ4v) is 2.98. The molecule has 0 aliphatic carbocycles. The average molecular weight is 291 g/mol. The molecule has 0 saturated heterocycles. The second-order valence-corrected chi connectivity index (χ2v) is 6.30. The number of hydrogen-bond donors (Lipinski definition) is 1. The van der Waals surface area contributed by atoms with Crippen LogP contribution in [-0.2, 0) is 22.0 Å². The van der Waals surface area contributed by atoms with Gasteiger partial charge in [0.05, 0.1) is 17.2 Å². The first-order valence-corrected chi connectivity index (χ1v) is 7.85. The van der Waals surface area contributed by atoms with Crippen LogP contribution in [0.3, 0.4) is 0 Å². The highest BCUT2D eigenvalue weighted by molar-refractivity contribution is 7.90. The third-order valence-corrected chi connectivity index (χ3v) is 4.34. The number of sulfone groups is 1. The predicted molar refractivity (Wildman–Crippen MR) is 72.9 cm³/mol. The van der Waals surface area contributed by atoms with Gasteiger partial charge < -0.3 is 9.40 Å². The largest absolute Gasteiger partial charge is 0.445 e. The zero-order valence-electron chi connectivity index (χ0n) is 10.8. The minimum Gasteiger partial charge on any atom is -0.445 e. The van der Waals surface area contributed by atoms with Gasteiger partial charge in [-0.25, -0.2) is 18.4 Å². The van der Waals surface area contributed by atoms with Crippen molar-refractivity contribution in [3.05, 3.63) is 42.1 Å². The van der Waals surface area contributed by atoms with E-state index in [9.17, 15) is 8.42 Å². The molecule has 3 rings (SSSR count). The minimum atomic E-state index is -3.59. The molecule has 0 unspecified atom stereocenters. The van der Waals surface area contributed by atoms with Gasteiger partial charge in [-0.15, -0.1) is 0 Å². The summed E-state index contributed by atoms with van der Waals surface area (Å²) in [7, 11) is -3.59. The van der Waals surface area contributed by atoms with E-state index in [0.29, 0.717) is 23.2 Å². The number of imidazole rings is 1. The van der Waals surface area contributed by atoms with Crippen molar-refractivity contribution in [3.63, 3.8) is 0 Å². The molecule has 2 heterocycles. The molecule has 104 valence electrons. The van der Waals surface area contributed by atoms with Crippen LogP contribution in [0.4, 0.5) is 0 Å². The summed E-state index contributed by atoms with van der Waals surface area (Å²) >= 11 is 0. The maximum absolute atomic E-state index is 12.3. The van der Waals surface area contributed by atoms with Crippen molar-refractivity contribution in [2.75, 3.05) is 0 Å². The second-order valence-electron chi connectivity index (χ2n) is 4.39. The van der Waals surface area contributed by atoms with Gasteiger partial charge in [0.2, 0.25) is 20.9 Å². The highest BCUT2D eigenvalue weighted by Gasteiger charge is 2.22. The third-order valence-electron chi connectivity index (χ3n) is 2.93. The van der Waals surface area contributed by atoms with Crippen molar-refractivity contribution in [2.45, 2.75) is 24.3 Å². The van der Waals surface area contributed by atoms with Gasteiger partial charge in [0.25, 0.3) is 0 Å². The molecular weight excluding hydrogens is 278 g/mol. The van der Waals surface area contributed by atoms with Crippen molar-refractivity contribution < 1.29 is 12.8 Å². The molecule has 6 nitrogen and oxygen atoms in total. The summed E-state index contributed by atoms with van der Waals surface area (Å²) in [5.74, 6) is 0.550. The molecule has 7 heteroatoms. The fraction of sp³-hybridized carbons (Fsp3) is 0.231. The van der Waals surface area contributed by atoms with Crippen LogP contribution in [0.5, 0.6) is 0 Å². The number of H-pyrrole nitrogens is 1. The predicted octanol–water partition coefficient (Wildman–Crippen LogP) is 2.09. The lowest BCUT2D eigenvalue weighted by Crippen LogP contribution is -2.07. The number of nitrogens with zero attached hydrogens (tertiary/aromatic N) is 2. The van der Waals surface area contributed by atoms with Gasteiger partial charge in [-0.2, -0.15) is 0 Å². The van der Waals surface area contributed by atoms with Crippen LogP contribution < -0.4 is 0 Å². The topological polar surface area (TPSA) is 88.9 Å². The third kappa shape index (κ3) is 2.32. The molecule has 0 fully saturated rings. The van der Waals surface area contributed by atoms with Gasteiger partial charge in [-0.3, -0.25) is 0 Å². The number of hydrogen-bond acceptors (Lipinski definition) is 5. The highest BCUT2D eigenvalue weighted by Crippen LogP contribution is 2.18. The number of aromatic nitrogens is 3. The number of benzene rings is 1. The van der Waals surface area contributed by atoms with Crippen molar-refractivity contribution in [2.24, 2.45) is 0 Å². The molecule has 0 saturated carbocycles. The number of fused-ring (bicyclic) bond motifs is 1. The minimum absolute atomic E-state index is 0.0602. The smallest absolute Gasteiger partial charge is 0.226 e. The summed E-state index contributed by atoms with van der Waals surface area (Å²) in [5.41, 5.74) is 1.31. The van der Waals surface area contributed by atoms with Crippen molar-refractivity contribution in [1.82, 2.24) is 15.0 Å². The van der Waals surface area contributed by atoms with E-state index in [1.807, 2.05) is 13.0 Å². The van der Waals surface area contributed by atoms with Crippen LogP contribution in [0.1, 0.15) is 18.6 Å². The number of rotatable bonds is 4. The lowest BCUT2D eigenvalue weighted by Gasteiger charge is -1.96. The Kier molecular flexibility index (Phi) is 3.06. The summed E-state index contributed by atoms with van der Waals surface area (Å²) in [5, 5.41) is -0.0602. The Morgan fingerprint density at radius 2 is 2.10 bits per heavy atom. The highest BCUT2D eigenvalue weighted by atomic mass is 32.2. The Bertz CT molecular complexity index is 816. The molecule has 0 aliphatic rings. The maximum atomic E-state index is 12.3. The van der Waals surface area contributed by atoms with E-state index in [0.717, 1.165) is 0 Å². The van der Waals surface area contributed by atoms with E-state index in [1.54, 1.807) is 24.4 Å². The van der Waals surface area contributed by atoms with Gasteiger partial charge in [0, 0.05) is 6.42 Å². The molecule has 0 amide bonds. The molecule has 0 radical (unpaired) electrons. The number of oxazole rings is 1. The molecule has 1 aromatic carbocycles. The van der Waals surface area contributed by atoms with Crippen molar-refractivity contribution >= 4 is 20.9 Å². The molecule has 0 aliphatic heterocycles. The molecule has 3 aromatic rings. The Balaban J connectivity index is 1.94. The van der Waals surface area contributed by atoms with Gasteiger partial charge in [-0.05, 0) is 12.1 Å². The fourth-order valence-electron chi connectivity index (χ4n) is 1.89. The lowest BCUT2D eigenvalue weighted by atomic mass is 10.3. The van der Waals surface area contributed by atoms with E-state index in [-0.39, 0.29) is 16.8 Å². The standard InChI is InChI=1S/C13H13N3O3S/c1-2-9-7-14-12(19-9)8-20(17,18)13-15-10-5-3-4-6-11(10)16-13/h3-7H,2,8H2,1H3,(H,15,16). The number of aryl methyl sites for hydroxylation is 1. The maximum Gasteiger partial charge on any atom is 0.226 e. The quantitative estimate of drug-likeness (QED) is 0.795. The lowest BCUT2D eigenvalue weighted by molar-refractivity contribution is 0.470. The number of nitrogens with one attached hydrogen (secondary N) is 1. The zero-order valence-corrected chi connectivity index (χ0v) is 11.6. The Morgan fingerprint density at radius 1 is 1.30 bits per heavy atom. The van der Waals surface area contributed by atoms with Crippen LogP contribution in [0.15, 0.2) is 40.0 Å². The van der Waals surface area contributed by atoms with Gasteiger partial charge >= 0.3 is 0 Å². The van der Waals surface area contributed by atoms with Crippen LogP contribution in [0, 0.1) is 0 Å². The van der Waals surface area contributed by atoms with Crippen molar-refractivity contribution in [1.29, 1.82) is 0 Å². The summed E-state index contributed by atoms with van der Waals surface area (Å²) in [4.78, 5) is 10.9. The summed E-state index contributed by atoms with van der Waals surface area (Å²) in [6.45, 7) is 1.91. The summed E-state index contributed by atoms with van der Waals surface area (Å²) < 4.78 is 29.9. The normalized spacial score (nSPS) is 12.1. The van der Waals surface area contributed by atoms with E-state index in [1.165, 1.54) is 0 Å². The molecule has 2 aromatic heterocycles. The zero-order chi connectivity index (χ0) is 14.2. The molecule has 0 spiro atoms. The first kappa shape index (κ1) is 12.9. The Labute approximate surface area is 115 Å². The van der Waals surface area contributed by atoms with E-state index >= 15 is 0 Å². The molecular formula is C13H13N3O3S. The molecule has 1 N–H and O–H groups in total. The van der Waals surface area contributed by atoms with Gasteiger partial charge in [0.15, 0.2) is 0 Å². The SMILES string of the molecule is CCc1cnc(CS(=O)(=O)c2nc3ccccc3[nH]2)o1. The van der Waals surface area contributed by atoms with Crippen molar-refractivity contribution in [3.8, 4) is 0 Å². The summed E-state index contributed by atoms with van der Waals surface area (Å²) in [6.07, 6.45) is 2.22. The first-order chi connectivity index (χ1) is 9.58. The molecule has 20 heavy (non-hydrogen) atoms. The van der Waals surface area contributed by atoms with E-state index < -0.39 is 9.84 Å². The number of para-hydroxylation sites is 2. The average Bonchev–Trinajstić information content (AvgIpc) is 3.04. The van der Waals surface area contributed by atoms with Crippen LogP contribution in [-0.4, -0.2) is 23.4 Å². The Morgan fingerprint density at radius 3 is 2.80 bits per heavy atom. The number of aromatic amines is 1.